The molecule has 5 rings (SSSR count). The molecule has 0 spiro atoms. The average molecular weight is 802 g/mol. The van der Waals surface area contributed by atoms with Crippen LogP contribution in [0.3, 0.4) is 0 Å². The van der Waals surface area contributed by atoms with Crippen LogP contribution < -0.4 is 15.4 Å². The molecule has 1 aliphatic rings. The van der Waals surface area contributed by atoms with E-state index >= 15 is 0 Å². The fourth-order valence-electron chi connectivity index (χ4n) is 4.64. The Balaban J connectivity index is 0.000000225. The van der Waals surface area contributed by atoms with Gasteiger partial charge in [-0.1, -0.05) is 23.2 Å². The van der Waals surface area contributed by atoms with Gasteiger partial charge in [0, 0.05) is 29.4 Å². The number of rotatable bonds is 10. The monoisotopic (exact) mass is 800 g/mol. The zero-order valence-corrected chi connectivity index (χ0v) is 29.9. The lowest BCUT2D eigenvalue weighted by Crippen LogP contribution is -2.31. The van der Waals surface area contributed by atoms with E-state index in [-0.39, 0.29) is 61.0 Å². The van der Waals surface area contributed by atoms with Gasteiger partial charge in [0.05, 0.1) is 17.4 Å². The Morgan fingerprint density at radius 1 is 1.08 bits per heavy atom. The number of carbonyl (C=O) groups excluding carboxylic acids is 1. The van der Waals surface area contributed by atoms with Crippen LogP contribution >= 0.6 is 57.9 Å². The summed E-state index contributed by atoms with van der Waals surface area (Å²) in [6.45, 7) is 1.10. The molecule has 1 N–H and O–H groups in total. The molecule has 1 aliphatic heterocycles. The van der Waals surface area contributed by atoms with Crippen LogP contribution in [0.4, 0.5) is 23.2 Å². The van der Waals surface area contributed by atoms with Crippen LogP contribution in [-0.4, -0.2) is 58.5 Å². The molecule has 0 saturated heterocycles. The Morgan fingerprint density at radius 3 is 2.36 bits per heavy atom. The number of ether oxygens (including phenoxy) is 1. The van der Waals surface area contributed by atoms with E-state index in [1.54, 1.807) is 16.3 Å². The lowest BCUT2D eigenvalue weighted by molar-refractivity contribution is -0.142. The number of nitrogens with zero attached hydrogens (tertiary/aromatic N) is 6. The number of carboxylic acid groups (broad SMARTS) is 1. The number of hydrogen-bond acceptors (Lipinski definition) is 9. The number of esters is 1. The van der Waals surface area contributed by atoms with E-state index in [1.165, 1.54) is 13.0 Å². The second-order valence-electron chi connectivity index (χ2n) is 10.3. The van der Waals surface area contributed by atoms with Crippen LogP contribution in [0, 0.1) is 18.6 Å². The van der Waals surface area contributed by atoms with Gasteiger partial charge in [-0.2, -0.15) is 13.5 Å². The molecule has 1 unspecified atom stereocenters. The number of carboxylic acids is 1. The first-order chi connectivity index (χ1) is 23.6. The van der Waals surface area contributed by atoms with E-state index < -0.39 is 41.2 Å². The topological polar surface area (TPSA) is 143 Å². The maximum atomic E-state index is 14.2. The van der Waals surface area contributed by atoms with E-state index in [0.717, 1.165) is 54.1 Å². The summed E-state index contributed by atoms with van der Waals surface area (Å²) in [6, 6.07) is 4.55. The fraction of sp³-hybridized carbons (Fsp3) is 0.379. The first-order valence-corrected chi connectivity index (χ1v) is 17.6. The number of aliphatic carboxylic acids is 1. The third-order valence-corrected chi connectivity index (χ3v) is 9.94. The molecule has 50 heavy (non-hydrogen) atoms. The van der Waals surface area contributed by atoms with E-state index in [0.29, 0.717) is 27.5 Å². The van der Waals surface area contributed by atoms with Gasteiger partial charge in [-0.15, -0.1) is 28.5 Å². The van der Waals surface area contributed by atoms with Crippen LogP contribution in [-0.2, 0) is 33.8 Å². The van der Waals surface area contributed by atoms with Crippen molar-refractivity contribution >= 4 is 75.5 Å². The zero-order chi connectivity index (χ0) is 36.9. The second kappa shape index (κ2) is 17.1. The van der Waals surface area contributed by atoms with Crippen LogP contribution in [0.1, 0.15) is 37.7 Å². The summed E-state index contributed by atoms with van der Waals surface area (Å²) in [6.07, 6.45) is 1.75. The Kier molecular flexibility index (Phi) is 13.4. The highest BCUT2D eigenvalue weighted by atomic mass is 35.5. The van der Waals surface area contributed by atoms with Crippen molar-refractivity contribution in [3.8, 4) is 5.69 Å². The third-order valence-electron chi connectivity index (χ3n) is 6.92. The Labute approximate surface area is 303 Å². The molecular weight excluding hydrogens is 775 g/mol. The number of halogens is 7. The first kappa shape index (κ1) is 39.2. The number of aromatic nitrogens is 5. The summed E-state index contributed by atoms with van der Waals surface area (Å²) < 4.78 is 63.0. The van der Waals surface area contributed by atoms with Crippen molar-refractivity contribution in [3.05, 3.63) is 82.3 Å². The molecule has 2 aromatic carbocycles. The zero-order valence-electron chi connectivity index (χ0n) is 26.0. The number of benzene rings is 2. The van der Waals surface area contributed by atoms with Gasteiger partial charge in [0.25, 0.3) is 0 Å². The summed E-state index contributed by atoms with van der Waals surface area (Å²) in [5.74, 6) is -3.71. The number of hydrogen-bond donors (Lipinski definition) is 1. The van der Waals surface area contributed by atoms with E-state index in [1.807, 2.05) is 0 Å². The van der Waals surface area contributed by atoms with Crippen molar-refractivity contribution in [2.45, 2.75) is 63.0 Å². The Morgan fingerprint density at radius 2 is 1.74 bits per heavy atom. The molecule has 270 valence electrons. The highest BCUT2D eigenvalue weighted by Crippen LogP contribution is 2.33. The molecule has 3 heterocycles. The van der Waals surface area contributed by atoms with Gasteiger partial charge in [-0.25, -0.2) is 27.8 Å². The van der Waals surface area contributed by atoms with Crippen molar-refractivity contribution < 1.29 is 37.0 Å². The number of fused-ring (bicyclic) bond motifs is 1. The Hall–Kier alpha value is -3.58. The molecule has 4 aromatic rings. The SMILES string of the molecule is CCOC(=O)C(Cl)Cc1cc(-n2nc(C)n(C(F)F)c2=O)c(F)cc1Cl.O=C(O)CSc1cc(N=c2sc(=O)n3n2CCCC3)c(F)cc1Cl. The molecule has 0 amide bonds. The summed E-state index contributed by atoms with van der Waals surface area (Å²) in [7, 11) is 0. The van der Waals surface area contributed by atoms with E-state index in [4.69, 9.17) is 44.6 Å². The van der Waals surface area contributed by atoms with E-state index in [9.17, 15) is 36.7 Å². The minimum absolute atomic E-state index is 0.0370. The van der Waals surface area contributed by atoms with Crippen LogP contribution in [0.25, 0.3) is 5.69 Å². The lowest BCUT2D eigenvalue weighted by atomic mass is 10.1. The maximum Gasteiger partial charge on any atom is 0.355 e. The van der Waals surface area contributed by atoms with Crippen molar-refractivity contribution in [3.63, 3.8) is 0 Å². The number of aryl methyl sites for hydroxylation is 1. The minimum Gasteiger partial charge on any atom is -0.481 e. The van der Waals surface area contributed by atoms with Gasteiger partial charge in [-0.05, 0) is 67.9 Å². The summed E-state index contributed by atoms with van der Waals surface area (Å²) in [5, 5.41) is 11.4. The van der Waals surface area contributed by atoms with Gasteiger partial charge < -0.3 is 9.84 Å². The van der Waals surface area contributed by atoms with Crippen molar-refractivity contribution in [2.24, 2.45) is 4.99 Å². The second-order valence-corrected chi connectivity index (χ2v) is 13.6. The molecule has 1 atom stereocenters. The van der Waals surface area contributed by atoms with E-state index in [2.05, 4.69) is 10.1 Å². The number of thioether (sulfide) groups is 1. The molecule has 0 fully saturated rings. The van der Waals surface area contributed by atoms with Crippen molar-refractivity contribution in [2.75, 3.05) is 12.4 Å². The summed E-state index contributed by atoms with van der Waals surface area (Å²) in [4.78, 5) is 51.4. The summed E-state index contributed by atoms with van der Waals surface area (Å²) >= 11 is 19.8. The highest BCUT2D eigenvalue weighted by molar-refractivity contribution is 8.00. The largest absolute Gasteiger partial charge is 0.481 e. The smallest absolute Gasteiger partial charge is 0.355 e. The normalized spacial score (nSPS) is 13.5. The highest BCUT2D eigenvalue weighted by Gasteiger charge is 2.24. The minimum atomic E-state index is -3.12. The van der Waals surface area contributed by atoms with Crippen molar-refractivity contribution in [1.29, 1.82) is 0 Å². The summed E-state index contributed by atoms with van der Waals surface area (Å²) in [5.41, 5.74) is -1.33. The Bertz CT molecular complexity index is 2100. The fourth-order valence-corrected chi connectivity index (χ4v) is 6.97. The molecular formula is C29H27Cl3F4N6O6S2. The predicted molar refractivity (Wildman–Crippen MR) is 180 cm³/mol. The average Bonchev–Trinajstić information content (AvgIpc) is 3.53. The van der Waals surface area contributed by atoms with Crippen LogP contribution in [0.15, 0.2) is 43.7 Å². The van der Waals surface area contributed by atoms with Gasteiger partial charge in [0.1, 0.15) is 28.4 Å². The maximum absolute atomic E-state index is 14.2. The third kappa shape index (κ3) is 9.20. The predicted octanol–water partition coefficient (Wildman–Crippen LogP) is 5.95. The quantitative estimate of drug-likeness (QED) is 0.0898. The number of alkyl halides is 3. The molecule has 12 nitrogen and oxygen atoms in total. The van der Waals surface area contributed by atoms with Gasteiger partial charge in [0.2, 0.25) is 4.80 Å². The molecule has 0 radical (unpaired) electrons. The number of carbonyl (C=O) groups is 2. The van der Waals surface area contributed by atoms with Crippen molar-refractivity contribution in [1.82, 2.24) is 23.7 Å². The van der Waals surface area contributed by atoms with Gasteiger partial charge in [0.15, 0.2) is 5.82 Å². The van der Waals surface area contributed by atoms with Crippen LogP contribution in [0.2, 0.25) is 10.0 Å². The van der Waals surface area contributed by atoms with Crippen LogP contribution in [0.5, 0.6) is 0 Å². The standard InChI is InChI=1S/C15H14Cl2F3N3O3.C14H13ClFN3O3S2/c1-3-26-13(24)10(17)4-8-5-12(11(18)6-9(8)16)23-15(25)22(14(19)20)7(2)21-23;15-8-5-9(16)10(6-11(8)23-7-12(20)21)17-13-18-3-1-2-4-19(18)14(22)24-13/h5-6,10,14H,3-4H2,1-2H3;5-6H,1-4,7H2,(H,20,21). The van der Waals surface area contributed by atoms with Gasteiger partial charge in [-0.3, -0.25) is 19.1 Å². The molecule has 0 aliphatic carbocycles. The first-order valence-electron chi connectivity index (χ1n) is 14.6. The van der Waals surface area contributed by atoms with Gasteiger partial charge >= 0.3 is 29.1 Å². The molecule has 21 heteroatoms. The molecule has 0 saturated carbocycles. The molecule has 2 aromatic heterocycles. The lowest BCUT2D eigenvalue weighted by Gasteiger charge is -2.15. The molecule has 0 bridgehead atoms.